The average molecular weight is 383 g/mol. The summed E-state index contributed by atoms with van der Waals surface area (Å²) in [5.74, 6) is -0.447. The highest BCUT2D eigenvalue weighted by Gasteiger charge is 2.17. The fraction of sp³-hybridized carbons (Fsp3) is 0.150. The molecule has 0 bridgehead atoms. The number of phenolic OH excluding ortho intramolecular Hbond substituents is 1. The van der Waals surface area contributed by atoms with Crippen LogP contribution in [0.25, 0.3) is 11.0 Å². The molecule has 2 aromatic carbocycles. The number of carbonyl (C=O) groups is 1. The van der Waals surface area contributed by atoms with Gasteiger partial charge in [0.15, 0.2) is 11.5 Å². The van der Waals surface area contributed by atoms with Crippen LogP contribution in [-0.4, -0.2) is 29.0 Å². The van der Waals surface area contributed by atoms with E-state index in [1.54, 1.807) is 6.92 Å². The quantitative estimate of drug-likeness (QED) is 0.307. The Labute approximate surface area is 159 Å². The van der Waals surface area contributed by atoms with Crippen LogP contribution in [0.4, 0.5) is 5.69 Å². The van der Waals surface area contributed by atoms with Crippen LogP contribution in [0.1, 0.15) is 19.4 Å². The van der Waals surface area contributed by atoms with E-state index in [-0.39, 0.29) is 45.2 Å². The van der Waals surface area contributed by atoms with E-state index in [0.717, 1.165) is 0 Å². The second-order valence-corrected chi connectivity index (χ2v) is 5.92. The van der Waals surface area contributed by atoms with Gasteiger partial charge in [0.05, 0.1) is 23.9 Å². The molecule has 3 aromatic rings. The topological polar surface area (TPSA) is 119 Å². The van der Waals surface area contributed by atoms with Crippen molar-refractivity contribution in [2.24, 2.45) is 4.99 Å². The lowest BCUT2D eigenvalue weighted by Crippen LogP contribution is -2.12. The van der Waals surface area contributed by atoms with E-state index in [4.69, 9.17) is 13.9 Å². The average Bonchev–Trinajstić information content (AvgIpc) is 2.62. The van der Waals surface area contributed by atoms with Gasteiger partial charge in [-0.2, -0.15) is 0 Å². The van der Waals surface area contributed by atoms with Crippen molar-refractivity contribution in [3.05, 3.63) is 52.4 Å². The van der Waals surface area contributed by atoms with Crippen molar-refractivity contribution in [2.75, 3.05) is 7.11 Å². The Morgan fingerprint density at radius 1 is 1.11 bits per heavy atom. The number of fused-ring (bicyclic) bond motifs is 1. The molecule has 28 heavy (non-hydrogen) atoms. The first-order chi connectivity index (χ1) is 13.3. The van der Waals surface area contributed by atoms with Gasteiger partial charge in [-0.3, -0.25) is 9.79 Å². The predicted octanol–water partition coefficient (Wildman–Crippen LogP) is 3.28. The number of hydrogen-bond donors (Lipinski definition) is 2. The van der Waals surface area contributed by atoms with Crippen LogP contribution < -0.4 is 15.1 Å². The van der Waals surface area contributed by atoms with Gasteiger partial charge in [0.25, 0.3) is 0 Å². The number of nitrogens with zero attached hydrogens (tertiary/aromatic N) is 1. The summed E-state index contributed by atoms with van der Waals surface area (Å²) >= 11 is 0. The lowest BCUT2D eigenvalue weighted by Gasteiger charge is -2.08. The molecule has 1 heterocycles. The molecule has 2 N–H and O–H groups in total. The number of rotatable bonds is 4. The van der Waals surface area contributed by atoms with Gasteiger partial charge >= 0.3 is 11.6 Å². The number of esters is 1. The fourth-order valence-corrected chi connectivity index (χ4v) is 2.70. The normalized spacial score (nSPS) is 11.5. The van der Waals surface area contributed by atoms with Crippen molar-refractivity contribution in [1.82, 2.24) is 0 Å². The summed E-state index contributed by atoms with van der Waals surface area (Å²) in [7, 11) is 1.41. The van der Waals surface area contributed by atoms with Crippen molar-refractivity contribution in [1.29, 1.82) is 0 Å². The summed E-state index contributed by atoms with van der Waals surface area (Å²) in [6, 6.07) is 8.73. The molecule has 0 aliphatic rings. The number of ether oxygens (including phenoxy) is 2. The standard InChI is InChI=1S/C20H17NO7/c1-10(21-12-4-7-15(23)17(8-12)26-3)18-19(24)14-6-5-13(27-11(2)22)9-16(14)28-20(18)25/h4-9,23-24H,1-3H3. The number of phenols is 1. The number of carbonyl (C=O) groups excluding carboxylic acids is 1. The van der Waals surface area contributed by atoms with Gasteiger partial charge in [-0.1, -0.05) is 0 Å². The van der Waals surface area contributed by atoms with Gasteiger partial charge in [-0.25, -0.2) is 4.79 Å². The Kier molecular flexibility index (Phi) is 5.04. The lowest BCUT2D eigenvalue weighted by molar-refractivity contribution is -0.131. The summed E-state index contributed by atoms with van der Waals surface area (Å²) in [6.07, 6.45) is 0. The first-order valence-electron chi connectivity index (χ1n) is 8.21. The van der Waals surface area contributed by atoms with Crippen molar-refractivity contribution >= 4 is 28.3 Å². The summed E-state index contributed by atoms with van der Waals surface area (Å²) in [6.45, 7) is 2.80. The molecular weight excluding hydrogens is 366 g/mol. The molecule has 0 radical (unpaired) electrons. The van der Waals surface area contributed by atoms with Gasteiger partial charge in [-0.15, -0.1) is 0 Å². The summed E-state index contributed by atoms with van der Waals surface area (Å²) in [5.41, 5.74) is -0.193. The monoisotopic (exact) mass is 383 g/mol. The van der Waals surface area contributed by atoms with E-state index in [2.05, 4.69) is 4.99 Å². The van der Waals surface area contributed by atoms with Crippen molar-refractivity contribution in [2.45, 2.75) is 13.8 Å². The highest BCUT2D eigenvalue weighted by molar-refractivity contribution is 6.05. The smallest absolute Gasteiger partial charge is 0.349 e. The zero-order valence-corrected chi connectivity index (χ0v) is 15.3. The lowest BCUT2D eigenvalue weighted by atomic mass is 10.1. The number of methoxy groups -OCH3 is 1. The number of aromatic hydroxyl groups is 2. The molecule has 8 nitrogen and oxygen atoms in total. The van der Waals surface area contributed by atoms with Gasteiger partial charge in [0.2, 0.25) is 0 Å². The third-order valence-electron chi connectivity index (χ3n) is 3.94. The van der Waals surface area contributed by atoms with Crippen molar-refractivity contribution in [3.63, 3.8) is 0 Å². The second-order valence-electron chi connectivity index (χ2n) is 5.92. The van der Waals surface area contributed by atoms with E-state index in [0.29, 0.717) is 5.69 Å². The predicted molar refractivity (Wildman–Crippen MR) is 102 cm³/mol. The highest BCUT2D eigenvalue weighted by Crippen LogP contribution is 2.32. The second kappa shape index (κ2) is 7.43. The van der Waals surface area contributed by atoms with E-state index in [1.165, 1.54) is 50.4 Å². The number of benzene rings is 2. The molecule has 0 fully saturated rings. The van der Waals surface area contributed by atoms with Crippen LogP contribution in [0.3, 0.4) is 0 Å². The van der Waals surface area contributed by atoms with E-state index in [1.807, 2.05) is 0 Å². The third kappa shape index (κ3) is 3.66. The molecule has 0 amide bonds. The SMILES string of the molecule is COc1cc(N=C(C)c2c(O)c3ccc(OC(C)=O)cc3oc2=O)ccc1O. The van der Waals surface area contributed by atoms with Crippen molar-refractivity contribution < 1.29 is 28.9 Å². The van der Waals surface area contributed by atoms with E-state index >= 15 is 0 Å². The van der Waals surface area contributed by atoms with Crippen LogP contribution >= 0.6 is 0 Å². The molecule has 8 heteroatoms. The molecular formula is C20H17NO7. The molecule has 0 spiro atoms. The zero-order valence-electron chi connectivity index (χ0n) is 15.3. The maximum absolute atomic E-state index is 12.4. The number of aliphatic imine (C=N–C) groups is 1. The Bertz CT molecular complexity index is 1160. The molecule has 0 saturated carbocycles. The Morgan fingerprint density at radius 3 is 2.54 bits per heavy atom. The van der Waals surface area contributed by atoms with E-state index < -0.39 is 11.6 Å². The number of hydrogen-bond acceptors (Lipinski definition) is 8. The Balaban J connectivity index is 2.09. The largest absolute Gasteiger partial charge is 0.506 e. The minimum absolute atomic E-state index is 0.0456. The maximum atomic E-state index is 12.4. The van der Waals surface area contributed by atoms with Crippen LogP contribution in [0.15, 0.2) is 50.6 Å². The molecule has 1 aromatic heterocycles. The minimum Gasteiger partial charge on any atom is -0.506 e. The van der Waals surface area contributed by atoms with E-state index in [9.17, 15) is 19.8 Å². The molecule has 3 rings (SSSR count). The van der Waals surface area contributed by atoms with Gasteiger partial charge < -0.3 is 24.1 Å². The van der Waals surface area contributed by atoms with Gasteiger partial charge in [0.1, 0.15) is 22.6 Å². The summed E-state index contributed by atoms with van der Waals surface area (Å²) in [4.78, 5) is 27.8. The van der Waals surface area contributed by atoms with Crippen LogP contribution in [0, 0.1) is 0 Å². The first kappa shape index (κ1) is 19.0. The zero-order chi connectivity index (χ0) is 20.4. The third-order valence-corrected chi connectivity index (χ3v) is 3.94. The first-order valence-corrected chi connectivity index (χ1v) is 8.21. The minimum atomic E-state index is -0.794. The van der Waals surface area contributed by atoms with Crippen molar-refractivity contribution in [3.8, 4) is 23.0 Å². The van der Waals surface area contributed by atoms with Crippen LogP contribution in [0.5, 0.6) is 23.0 Å². The summed E-state index contributed by atoms with van der Waals surface area (Å²) in [5, 5.41) is 20.5. The molecule has 0 saturated heterocycles. The summed E-state index contributed by atoms with van der Waals surface area (Å²) < 4.78 is 15.2. The molecule has 0 atom stereocenters. The van der Waals surface area contributed by atoms with Crippen LogP contribution in [-0.2, 0) is 4.79 Å². The molecule has 0 unspecified atom stereocenters. The molecule has 144 valence electrons. The highest BCUT2D eigenvalue weighted by atomic mass is 16.5. The van der Waals surface area contributed by atoms with Crippen LogP contribution in [0.2, 0.25) is 0 Å². The Morgan fingerprint density at radius 2 is 1.86 bits per heavy atom. The Hall–Kier alpha value is -3.81. The maximum Gasteiger partial charge on any atom is 0.349 e. The van der Waals surface area contributed by atoms with Gasteiger partial charge in [0, 0.05) is 19.1 Å². The fourth-order valence-electron chi connectivity index (χ4n) is 2.70. The molecule has 0 aliphatic heterocycles. The van der Waals surface area contributed by atoms with Gasteiger partial charge in [-0.05, 0) is 31.2 Å². The molecule has 0 aliphatic carbocycles.